The minimum absolute atomic E-state index is 0.261. The summed E-state index contributed by atoms with van der Waals surface area (Å²) in [4.78, 5) is 11.7. The second-order valence-corrected chi connectivity index (χ2v) is 4.52. The lowest BCUT2D eigenvalue weighted by Gasteiger charge is -2.11. The number of halogens is 2. The van der Waals surface area contributed by atoms with Crippen LogP contribution in [0, 0.1) is 18.6 Å². The minimum Gasteiger partial charge on any atom is -0.503 e. The smallest absolute Gasteiger partial charge is 0.319 e. The summed E-state index contributed by atoms with van der Waals surface area (Å²) in [6.45, 7) is 2.17. The monoisotopic (exact) mass is 292 g/mol. The molecule has 0 fully saturated rings. The summed E-state index contributed by atoms with van der Waals surface area (Å²) in [5.74, 6) is -2.83. The second-order valence-electron chi connectivity index (χ2n) is 4.52. The molecule has 2 amide bonds. The van der Waals surface area contributed by atoms with E-state index in [4.69, 9.17) is 0 Å². The number of hydrogen-bond donors (Lipinski definition) is 3. The van der Waals surface area contributed by atoms with E-state index in [9.17, 15) is 18.7 Å². The zero-order chi connectivity index (χ0) is 15.4. The molecule has 0 atom stereocenters. The Balaban J connectivity index is 2.01. The largest absolute Gasteiger partial charge is 0.503 e. The number of rotatable bonds is 3. The third kappa shape index (κ3) is 3.68. The molecule has 2 rings (SSSR count). The number of nitrogens with one attached hydrogen (secondary N) is 2. The molecule has 2 aromatic carbocycles. The van der Waals surface area contributed by atoms with E-state index in [1.165, 1.54) is 0 Å². The van der Waals surface area contributed by atoms with Gasteiger partial charge in [0.25, 0.3) is 0 Å². The van der Waals surface area contributed by atoms with Crippen LogP contribution in [0.25, 0.3) is 0 Å². The van der Waals surface area contributed by atoms with Gasteiger partial charge in [-0.2, -0.15) is 0 Å². The van der Waals surface area contributed by atoms with Gasteiger partial charge in [-0.05, 0) is 18.1 Å². The molecule has 0 saturated heterocycles. The van der Waals surface area contributed by atoms with E-state index in [0.717, 1.165) is 17.2 Å². The van der Waals surface area contributed by atoms with Crippen LogP contribution in [0.2, 0.25) is 0 Å². The average Bonchev–Trinajstić information content (AvgIpc) is 2.43. The van der Waals surface area contributed by atoms with Crippen molar-refractivity contribution < 1.29 is 18.7 Å². The van der Waals surface area contributed by atoms with E-state index in [0.29, 0.717) is 6.07 Å². The number of anilines is 1. The van der Waals surface area contributed by atoms with Crippen molar-refractivity contribution in [3.8, 4) is 5.75 Å². The highest BCUT2D eigenvalue weighted by Crippen LogP contribution is 2.27. The summed E-state index contributed by atoms with van der Waals surface area (Å²) >= 11 is 0. The second kappa shape index (κ2) is 6.21. The van der Waals surface area contributed by atoms with Crippen LogP contribution in [0.4, 0.5) is 19.3 Å². The Morgan fingerprint density at radius 3 is 2.67 bits per heavy atom. The number of aromatic hydroxyl groups is 1. The van der Waals surface area contributed by atoms with Gasteiger partial charge in [0.15, 0.2) is 11.6 Å². The van der Waals surface area contributed by atoms with Gasteiger partial charge in [-0.1, -0.05) is 24.3 Å². The van der Waals surface area contributed by atoms with Crippen LogP contribution in [0.1, 0.15) is 11.1 Å². The number of urea groups is 1. The van der Waals surface area contributed by atoms with Crippen LogP contribution < -0.4 is 10.6 Å². The van der Waals surface area contributed by atoms with Crippen LogP contribution in [0.15, 0.2) is 36.4 Å². The summed E-state index contributed by atoms with van der Waals surface area (Å²) in [7, 11) is 0. The van der Waals surface area contributed by atoms with Crippen molar-refractivity contribution in [2.75, 3.05) is 5.32 Å². The van der Waals surface area contributed by atoms with Crippen molar-refractivity contribution in [2.24, 2.45) is 0 Å². The van der Waals surface area contributed by atoms with Crippen molar-refractivity contribution >= 4 is 11.7 Å². The molecule has 0 radical (unpaired) electrons. The summed E-state index contributed by atoms with van der Waals surface area (Å²) in [6.07, 6.45) is 0. The van der Waals surface area contributed by atoms with Gasteiger partial charge >= 0.3 is 6.03 Å². The Hall–Kier alpha value is -2.63. The van der Waals surface area contributed by atoms with Crippen LogP contribution in [0.3, 0.4) is 0 Å². The summed E-state index contributed by atoms with van der Waals surface area (Å²) in [6, 6.07) is 8.19. The van der Waals surface area contributed by atoms with Gasteiger partial charge < -0.3 is 15.7 Å². The summed E-state index contributed by atoms with van der Waals surface area (Å²) in [5, 5.41) is 14.2. The molecule has 2 aromatic rings. The van der Waals surface area contributed by atoms with E-state index >= 15 is 0 Å². The molecule has 0 aliphatic heterocycles. The Labute approximate surface area is 120 Å². The number of amides is 2. The fraction of sp³-hybridized carbons (Fsp3) is 0.133. The van der Waals surface area contributed by atoms with Gasteiger partial charge in [0.05, 0.1) is 5.69 Å². The lowest BCUT2D eigenvalue weighted by atomic mass is 10.1. The average molecular weight is 292 g/mol. The molecule has 0 saturated carbocycles. The number of hydrogen-bond acceptors (Lipinski definition) is 2. The topological polar surface area (TPSA) is 61.4 Å². The van der Waals surface area contributed by atoms with E-state index in [1.54, 1.807) is 0 Å². The van der Waals surface area contributed by atoms with Gasteiger partial charge in [0.2, 0.25) is 0 Å². The Morgan fingerprint density at radius 1 is 1.24 bits per heavy atom. The fourth-order valence-corrected chi connectivity index (χ4v) is 1.81. The first-order valence-electron chi connectivity index (χ1n) is 6.24. The third-order valence-corrected chi connectivity index (χ3v) is 2.98. The number of carbonyl (C=O) groups is 1. The zero-order valence-electron chi connectivity index (χ0n) is 11.3. The van der Waals surface area contributed by atoms with Crippen molar-refractivity contribution in [3.63, 3.8) is 0 Å². The van der Waals surface area contributed by atoms with Crippen molar-refractivity contribution in [3.05, 3.63) is 59.2 Å². The highest BCUT2D eigenvalue weighted by atomic mass is 19.1. The highest BCUT2D eigenvalue weighted by molar-refractivity contribution is 5.90. The molecule has 0 aliphatic carbocycles. The molecular formula is C15H14F2N2O2. The first-order valence-corrected chi connectivity index (χ1v) is 6.24. The Kier molecular flexibility index (Phi) is 4.37. The van der Waals surface area contributed by atoms with Crippen LogP contribution >= 0.6 is 0 Å². The normalized spacial score (nSPS) is 10.2. The summed E-state index contributed by atoms with van der Waals surface area (Å²) in [5.41, 5.74) is 1.61. The van der Waals surface area contributed by atoms with Crippen LogP contribution in [-0.4, -0.2) is 11.1 Å². The van der Waals surface area contributed by atoms with Gasteiger partial charge in [0, 0.05) is 18.7 Å². The van der Waals surface area contributed by atoms with Crippen molar-refractivity contribution in [2.45, 2.75) is 13.5 Å². The lowest BCUT2D eigenvalue weighted by Crippen LogP contribution is -2.28. The number of carbonyl (C=O) groups excluding carboxylic acids is 1. The number of aryl methyl sites for hydroxylation is 1. The maximum atomic E-state index is 13.1. The molecule has 4 nitrogen and oxygen atoms in total. The lowest BCUT2D eigenvalue weighted by molar-refractivity contribution is 0.251. The maximum absolute atomic E-state index is 13.1. The molecule has 0 heterocycles. The fourth-order valence-electron chi connectivity index (χ4n) is 1.81. The van der Waals surface area contributed by atoms with E-state index in [-0.39, 0.29) is 12.2 Å². The molecular weight excluding hydrogens is 278 g/mol. The quantitative estimate of drug-likeness (QED) is 0.760. The van der Waals surface area contributed by atoms with E-state index in [2.05, 4.69) is 10.6 Å². The van der Waals surface area contributed by atoms with Gasteiger partial charge in [0.1, 0.15) is 5.82 Å². The zero-order valence-corrected chi connectivity index (χ0v) is 11.3. The highest BCUT2D eigenvalue weighted by Gasteiger charge is 2.12. The molecule has 6 heteroatoms. The standard InChI is InChI=1S/C15H14F2N2O2/c1-9-4-2-3-5-10(9)8-18-15(21)19-13-7-11(16)6-12(17)14(13)20/h2-7,20H,8H2,1H3,(H2,18,19,21). The number of benzene rings is 2. The Bertz CT molecular complexity index is 675. The predicted octanol–water partition coefficient (Wildman–Crippen LogP) is 3.30. The SMILES string of the molecule is Cc1ccccc1CNC(=O)Nc1cc(F)cc(F)c1O. The van der Waals surface area contributed by atoms with Crippen molar-refractivity contribution in [1.29, 1.82) is 0 Å². The third-order valence-electron chi connectivity index (χ3n) is 2.98. The molecule has 21 heavy (non-hydrogen) atoms. The molecule has 0 aliphatic rings. The molecule has 0 aromatic heterocycles. The molecule has 0 spiro atoms. The molecule has 0 unspecified atom stereocenters. The first kappa shape index (κ1) is 14.8. The van der Waals surface area contributed by atoms with Crippen molar-refractivity contribution in [1.82, 2.24) is 5.32 Å². The van der Waals surface area contributed by atoms with Gasteiger partial charge in [-0.25, -0.2) is 13.6 Å². The summed E-state index contributed by atoms with van der Waals surface area (Å²) < 4.78 is 26.2. The van der Waals surface area contributed by atoms with Crippen LogP contribution in [-0.2, 0) is 6.54 Å². The van der Waals surface area contributed by atoms with E-state index < -0.39 is 23.4 Å². The molecule has 3 N–H and O–H groups in total. The number of phenolic OH excluding ortho intramolecular Hbond substituents is 1. The molecule has 0 bridgehead atoms. The maximum Gasteiger partial charge on any atom is 0.319 e. The van der Waals surface area contributed by atoms with Gasteiger partial charge in [-0.3, -0.25) is 0 Å². The Morgan fingerprint density at radius 2 is 1.95 bits per heavy atom. The van der Waals surface area contributed by atoms with Gasteiger partial charge in [-0.15, -0.1) is 0 Å². The first-order chi connectivity index (χ1) is 9.97. The predicted molar refractivity (Wildman–Crippen MR) is 75.1 cm³/mol. The van der Waals surface area contributed by atoms with Crippen LogP contribution in [0.5, 0.6) is 5.75 Å². The minimum atomic E-state index is -1.13. The van der Waals surface area contributed by atoms with E-state index in [1.807, 2.05) is 31.2 Å². The number of phenols is 1. The molecule has 110 valence electrons.